The zero-order valence-corrected chi connectivity index (χ0v) is 12.9. The third-order valence-corrected chi connectivity index (χ3v) is 5.36. The summed E-state index contributed by atoms with van der Waals surface area (Å²) in [7, 11) is 0. The number of aliphatic imine (C=N–C) groups is 1. The number of hydrogen-bond acceptors (Lipinski definition) is 4. The predicted octanol–water partition coefficient (Wildman–Crippen LogP) is 1.44. The number of halogens is 1. The van der Waals surface area contributed by atoms with Crippen molar-refractivity contribution in [2.24, 2.45) is 9.98 Å². The quantitative estimate of drug-likeness (QED) is 0.917. The summed E-state index contributed by atoms with van der Waals surface area (Å²) < 4.78 is 13.7. The van der Waals surface area contributed by atoms with Crippen LogP contribution in [0.25, 0.3) is 6.58 Å². The molecule has 0 radical (unpaired) electrons. The van der Waals surface area contributed by atoms with E-state index in [1.807, 2.05) is 0 Å². The summed E-state index contributed by atoms with van der Waals surface area (Å²) in [5.74, 6) is -0.248. The molecule has 1 N–H and O–H groups in total. The molecule has 0 saturated heterocycles. The topological polar surface area (TPSA) is 62.0 Å². The first kappa shape index (κ1) is 15.4. The van der Waals surface area contributed by atoms with Gasteiger partial charge in [-0.1, -0.05) is 12.6 Å². The van der Waals surface area contributed by atoms with Gasteiger partial charge in [0.25, 0.3) is 5.91 Å². The zero-order valence-electron chi connectivity index (χ0n) is 12.1. The minimum absolute atomic E-state index is 0.0814. The highest BCUT2D eigenvalue weighted by molar-refractivity contribution is 8.00. The molecule has 1 aromatic carbocycles. The van der Waals surface area contributed by atoms with E-state index < -0.39 is 11.7 Å². The van der Waals surface area contributed by atoms with Gasteiger partial charge in [-0.2, -0.15) is 16.8 Å². The highest BCUT2D eigenvalue weighted by atomic mass is 32.2. The summed E-state index contributed by atoms with van der Waals surface area (Å²) in [6, 6.07) is 2.74. The van der Waals surface area contributed by atoms with Crippen molar-refractivity contribution < 1.29 is 14.3 Å². The van der Waals surface area contributed by atoms with E-state index in [9.17, 15) is 14.3 Å². The van der Waals surface area contributed by atoms with Gasteiger partial charge in [0.2, 0.25) is 0 Å². The molecule has 1 aromatic rings. The highest BCUT2D eigenvalue weighted by Gasteiger charge is 2.23. The number of amides is 1. The lowest BCUT2D eigenvalue weighted by Crippen LogP contribution is -2.35. The second-order valence-electron chi connectivity index (χ2n) is 5.62. The fourth-order valence-electron chi connectivity index (χ4n) is 2.74. The van der Waals surface area contributed by atoms with Gasteiger partial charge in [0.15, 0.2) is 0 Å². The summed E-state index contributed by atoms with van der Waals surface area (Å²) in [5, 5.41) is 10.8. The number of aliphatic hydroxyl groups excluding tert-OH is 1. The Morgan fingerprint density at radius 2 is 2.00 bits per heavy atom. The molecular formula is C16H17FN2O2S. The summed E-state index contributed by atoms with van der Waals surface area (Å²) >= 11 is 1.69. The Bertz CT molecular complexity index is 739. The van der Waals surface area contributed by atoms with Crippen LogP contribution in [0, 0.1) is 5.82 Å². The van der Waals surface area contributed by atoms with E-state index in [1.165, 1.54) is 12.1 Å². The van der Waals surface area contributed by atoms with Crippen molar-refractivity contribution in [2.45, 2.75) is 37.0 Å². The van der Waals surface area contributed by atoms with Gasteiger partial charge in [-0.05, 0) is 37.0 Å². The molecule has 1 saturated carbocycles. The van der Waals surface area contributed by atoms with Crippen molar-refractivity contribution in [1.29, 1.82) is 0 Å². The molecular weight excluding hydrogens is 303 g/mol. The number of nitrogens with zero attached hydrogens (tertiary/aromatic N) is 2. The first-order chi connectivity index (χ1) is 10.5. The van der Waals surface area contributed by atoms with Crippen molar-refractivity contribution in [3.8, 4) is 0 Å². The average molecular weight is 320 g/mol. The van der Waals surface area contributed by atoms with E-state index in [0.29, 0.717) is 27.4 Å². The van der Waals surface area contributed by atoms with E-state index in [-0.39, 0.29) is 11.7 Å². The van der Waals surface area contributed by atoms with Crippen LogP contribution in [0.5, 0.6) is 0 Å². The first-order valence-corrected chi connectivity index (χ1v) is 8.37. The average Bonchev–Trinajstić information content (AvgIpc) is 2.50. The number of carbonyl (C=O) groups excluding carboxylic acids is 1. The molecule has 1 heterocycles. The van der Waals surface area contributed by atoms with E-state index in [4.69, 9.17) is 0 Å². The molecule has 2 aliphatic rings. The zero-order chi connectivity index (χ0) is 15.7. The molecule has 4 nitrogen and oxygen atoms in total. The van der Waals surface area contributed by atoms with Crippen LogP contribution in [0.1, 0.15) is 36.0 Å². The molecule has 1 amide bonds. The second-order valence-corrected chi connectivity index (χ2v) is 6.91. The maximum Gasteiger partial charge on any atom is 0.283 e. The molecule has 0 spiro atoms. The molecule has 0 aromatic heterocycles. The van der Waals surface area contributed by atoms with Gasteiger partial charge in [0, 0.05) is 5.25 Å². The lowest BCUT2D eigenvalue weighted by Gasteiger charge is -2.24. The standard InChI is InChI=1S/C16H17FN2O2S/c1-9-2-7-12(17)14-15(9)18-13(19-16(14)21)8-22-11-5-3-10(20)4-6-11/h2,7,10-11,20H,1,3-6,8H2. The number of carbonyl (C=O) groups is 1. The number of thioether (sulfide) groups is 1. The van der Waals surface area contributed by atoms with Crippen LogP contribution in [-0.2, 0) is 0 Å². The largest absolute Gasteiger partial charge is 0.393 e. The van der Waals surface area contributed by atoms with Gasteiger partial charge in [-0.25, -0.2) is 9.38 Å². The molecule has 0 unspecified atom stereocenters. The molecule has 22 heavy (non-hydrogen) atoms. The molecule has 0 atom stereocenters. The Labute approximate surface area is 131 Å². The van der Waals surface area contributed by atoms with Crippen LogP contribution in [0.4, 0.5) is 4.39 Å². The van der Waals surface area contributed by atoms with Crippen LogP contribution in [0.15, 0.2) is 22.1 Å². The molecule has 0 bridgehead atoms. The highest BCUT2D eigenvalue weighted by Crippen LogP contribution is 2.28. The number of aliphatic hydroxyl groups is 1. The molecule has 1 fully saturated rings. The second kappa shape index (κ2) is 6.30. The summed E-state index contributed by atoms with van der Waals surface area (Å²) in [6.07, 6.45) is 3.37. The van der Waals surface area contributed by atoms with Crippen LogP contribution in [0.3, 0.4) is 0 Å². The van der Waals surface area contributed by atoms with Crippen LogP contribution >= 0.6 is 11.8 Å². The Kier molecular flexibility index (Phi) is 4.40. The van der Waals surface area contributed by atoms with Crippen LogP contribution in [-0.4, -0.2) is 34.0 Å². The fraction of sp³-hybridized carbons (Fsp3) is 0.438. The normalized spacial score (nSPS) is 24.5. The molecule has 3 rings (SSSR count). The van der Waals surface area contributed by atoms with E-state index in [2.05, 4.69) is 16.6 Å². The number of benzene rings is 1. The van der Waals surface area contributed by atoms with Gasteiger partial charge in [-0.15, -0.1) is 0 Å². The fourth-order valence-corrected chi connectivity index (χ4v) is 3.86. The smallest absolute Gasteiger partial charge is 0.283 e. The van der Waals surface area contributed by atoms with Gasteiger partial charge in [0.1, 0.15) is 17.2 Å². The van der Waals surface area contributed by atoms with E-state index >= 15 is 0 Å². The monoisotopic (exact) mass is 320 g/mol. The third kappa shape index (κ3) is 3.13. The minimum atomic E-state index is -0.604. The molecule has 6 heteroatoms. The third-order valence-electron chi connectivity index (χ3n) is 3.99. The van der Waals surface area contributed by atoms with Crippen molar-refractivity contribution in [1.82, 2.24) is 0 Å². The first-order valence-electron chi connectivity index (χ1n) is 7.32. The van der Waals surface area contributed by atoms with E-state index in [1.54, 1.807) is 11.8 Å². The van der Waals surface area contributed by atoms with Crippen LogP contribution < -0.4 is 10.6 Å². The SMILES string of the molecule is C=c1ccc(F)c2c1=NC(CSC1CCC(O)CC1)=NC2=O. The minimum Gasteiger partial charge on any atom is -0.393 e. The van der Waals surface area contributed by atoms with Crippen LogP contribution in [0.2, 0.25) is 0 Å². The van der Waals surface area contributed by atoms with Crippen molar-refractivity contribution in [3.63, 3.8) is 0 Å². The number of amidine groups is 1. The number of rotatable bonds is 3. The molecule has 1 aliphatic heterocycles. The summed E-state index contributed by atoms with van der Waals surface area (Å²) in [6.45, 7) is 3.80. The Morgan fingerprint density at radius 3 is 2.73 bits per heavy atom. The maximum absolute atomic E-state index is 13.7. The van der Waals surface area contributed by atoms with Crippen molar-refractivity contribution in [3.05, 3.63) is 34.1 Å². The Hall–Kier alpha value is -1.53. The maximum atomic E-state index is 13.7. The van der Waals surface area contributed by atoms with E-state index in [0.717, 1.165) is 25.7 Å². The number of fused-ring (bicyclic) bond motifs is 1. The van der Waals surface area contributed by atoms with Crippen molar-refractivity contribution >= 4 is 30.1 Å². The number of hydrogen-bond donors (Lipinski definition) is 1. The summed E-state index contributed by atoms with van der Waals surface area (Å²) in [4.78, 5) is 20.2. The predicted molar refractivity (Wildman–Crippen MR) is 85.2 cm³/mol. The van der Waals surface area contributed by atoms with Crippen molar-refractivity contribution in [2.75, 3.05) is 5.75 Å². The lowest BCUT2D eigenvalue weighted by molar-refractivity contribution is 0.0996. The Balaban J connectivity index is 1.76. The lowest BCUT2D eigenvalue weighted by atomic mass is 9.97. The summed E-state index contributed by atoms with van der Waals surface area (Å²) in [5.41, 5.74) is -0.0814. The Morgan fingerprint density at radius 1 is 1.27 bits per heavy atom. The molecule has 116 valence electrons. The van der Waals surface area contributed by atoms with Gasteiger partial charge >= 0.3 is 0 Å². The van der Waals surface area contributed by atoms with Gasteiger partial charge in [0.05, 0.1) is 17.2 Å². The molecule has 1 aliphatic carbocycles. The van der Waals surface area contributed by atoms with Gasteiger partial charge < -0.3 is 5.11 Å². The van der Waals surface area contributed by atoms with Gasteiger partial charge in [-0.3, -0.25) is 4.79 Å².